The lowest BCUT2D eigenvalue weighted by atomic mass is 9.69. The molecule has 21 heavy (non-hydrogen) atoms. The lowest BCUT2D eigenvalue weighted by Crippen LogP contribution is -2.35. The van der Waals surface area contributed by atoms with Gasteiger partial charge in [0, 0.05) is 7.11 Å². The van der Waals surface area contributed by atoms with Crippen LogP contribution in [0.3, 0.4) is 0 Å². The highest BCUT2D eigenvalue weighted by molar-refractivity contribution is 5.38. The number of nitrogens with one attached hydrogen (secondary N) is 1. The third kappa shape index (κ3) is 4.72. The molecule has 0 aromatic heterocycles. The molecule has 0 spiro atoms. The summed E-state index contributed by atoms with van der Waals surface area (Å²) in [5.74, 6) is 3.14. The monoisotopic (exact) mass is 291 g/mol. The Balaban J connectivity index is 1.91. The van der Waals surface area contributed by atoms with Crippen LogP contribution < -0.4 is 10.1 Å². The zero-order valence-electron chi connectivity index (χ0n) is 13.6. The zero-order valence-corrected chi connectivity index (χ0v) is 13.6. The van der Waals surface area contributed by atoms with Gasteiger partial charge in [0.05, 0.1) is 6.61 Å². The fourth-order valence-corrected chi connectivity index (χ4v) is 2.93. The van der Waals surface area contributed by atoms with E-state index in [9.17, 15) is 0 Å². The first kappa shape index (κ1) is 16.3. The van der Waals surface area contributed by atoms with Gasteiger partial charge in [-0.2, -0.15) is 0 Å². The summed E-state index contributed by atoms with van der Waals surface area (Å²) >= 11 is 0. The minimum atomic E-state index is 0.622. The van der Waals surface area contributed by atoms with Crippen molar-refractivity contribution in [3.05, 3.63) is 29.8 Å². The van der Waals surface area contributed by atoms with E-state index >= 15 is 0 Å². The highest BCUT2D eigenvalue weighted by Gasteiger charge is 2.33. The second kappa shape index (κ2) is 8.40. The maximum atomic E-state index is 5.88. The number of hydrogen-bond acceptors (Lipinski definition) is 3. The summed E-state index contributed by atoms with van der Waals surface area (Å²) in [6.45, 7) is 7.99. The number of methoxy groups -OCH3 is 1. The first-order valence-corrected chi connectivity index (χ1v) is 8.13. The van der Waals surface area contributed by atoms with E-state index in [1.807, 2.05) is 0 Å². The smallest absolute Gasteiger partial charge is 0.122 e. The molecular formula is C18H29NO2. The number of rotatable bonds is 9. The molecule has 1 aromatic rings. The van der Waals surface area contributed by atoms with E-state index in [1.54, 1.807) is 7.11 Å². The van der Waals surface area contributed by atoms with Crippen LogP contribution in [0.25, 0.3) is 0 Å². The molecule has 2 atom stereocenters. The SMILES string of the molecule is COCCOc1ccccc1C1CCC1CNCC(C)C. The van der Waals surface area contributed by atoms with Gasteiger partial charge in [-0.1, -0.05) is 32.0 Å². The third-order valence-corrected chi connectivity index (χ3v) is 4.24. The van der Waals surface area contributed by atoms with E-state index in [0.29, 0.717) is 25.0 Å². The molecule has 2 unspecified atom stereocenters. The van der Waals surface area contributed by atoms with Crippen molar-refractivity contribution in [1.29, 1.82) is 0 Å². The molecule has 1 saturated carbocycles. The fraction of sp³-hybridized carbons (Fsp3) is 0.667. The molecule has 0 amide bonds. The summed E-state index contributed by atoms with van der Waals surface area (Å²) in [6.07, 6.45) is 2.60. The first-order chi connectivity index (χ1) is 10.2. The summed E-state index contributed by atoms with van der Waals surface area (Å²) < 4.78 is 10.9. The Labute approximate surface area is 129 Å². The maximum absolute atomic E-state index is 5.88. The van der Waals surface area contributed by atoms with Gasteiger partial charge >= 0.3 is 0 Å². The Morgan fingerprint density at radius 1 is 1.19 bits per heavy atom. The zero-order chi connectivity index (χ0) is 15.1. The van der Waals surface area contributed by atoms with Crippen molar-refractivity contribution in [1.82, 2.24) is 5.32 Å². The Bertz CT molecular complexity index is 419. The quantitative estimate of drug-likeness (QED) is 0.707. The molecule has 2 rings (SSSR count). The van der Waals surface area contributed by atoms with Gasteiger partial charge in [0.2, 0.25) is 0 Å². The standard InChI is InChI=1S/C18H29NO2/c1-14(2)12-19-13-15-8-9-16(15)17-6-4-5-7-18(17)21-11-10-20-3/h4-7,14-16,19H,8-13H2,1-3H3. The largest absolute Gasteiger partial charge is 0.491 e. The molecule has 118 valence electrons. The van der Waals surface area contributed by atoms with Crippen LogP contribution in [0.2, 0.25) is 0 Å². The molecule has 0 saturated heterocycles. The lowest BCUT2D eigenvalue weighted by Gasteiger charge is -2.38. The molecule has 0 heterocycles. The van der Waals surface area contributed by atoms with Crippen molar-refractivity contribution in [2.24, 2.45) is 11.8 Å². The van der Waals surface area contributed by atoms with Crippen LogP contribution in [-0.4, -0.2) is 33.4 Å². The summed E-state index contributed by atoms with van der Waals surface area (Å²) in [4.78, 5) is 0. The summed E-state index contributed by atoms with van der Waals surface area (Å²) in [5.41, 5.74) is 1.37. The highest BCUT2D eigenvalue weighted by Crippen LogP contribution is 2.45. The normalized spacial score (nSPS) is 21.3. The van der Waals surface area contributed by atoms with Gasteiger partial charge < -0.3 is 14.8 Å². The molecule has 0 bridgehead atoms. The summed E-state index contributed by atoms with van der Waals surface area (Å²) in [5, 5.41) is 3.60. The molecule has 0 radical (unpaired) electrons. The van der Waals surface area contributed by atoms with Crippen molar-refractivity contribution < 1.29 is 9.47 Å². The predicted molar refractivity (Wildman–Crippen MR) is 87.0 cm³/mol. The summed E-state index contributed by atoms with van der Waals surface area (Å²) in [7, 11) is 1.71. The van der Waals surface area contributed by atoms with Gasteiger partial charge in [0.25, 0.3) is 0 Å². The lowest BCUT2D eigenvalue weighted by molar-refractivity contribution is 0.143. The Morgan fingerprint density at radius 2 is 2.00 bits per heavy atom. The van der Waals surface area contributed by atoms with Crippen LogP contribution in [0.5, 0.6) is 5.75 Å². The van der Waals surface area contributed by atoms with E-state index in [-0.39, 0.29) is 0 Å². The first-order valence-electron chi connectivity index (χ1n) is 8.13. The van der Waals surface area contributed by atoms with E-state index in [0.717, 1.165) is 24.8 Å². The van der Waals surface area contributed by atoms with Gasteiger partial charge in [-0.25, -0.2) is 0 Å². The van der Waals surface area contributed by atoms with Gasteiger partial charge in [0.15, 0.2) is 0 Å². The van der Waals surface area contributed by atoms with Crippen molar-refractivity contribution in [3.8, 4) is 5.75 Å². The topological polar surface area (TPSA) is 30.5 Å². The second-order valence-electron chi connectivity index (χ2n) is 6.38. The van der Waals surface area contributed by atoms with Crippen LogP contribution in [-0.2, 0) is 4.74 Å². The number of hydrogen-bond donors (Lipinski definition) is 1. The number of para-hydroxylation sites is 1. The Kier molecular flexibility index (Phi) is 6.52. The average Bonchev–Trinajstić information content (AvgIpc) is 2.44. The van der Waals surface area contributed by atoms with Crippen molar-refractivity contribution in [2.45, 2.75) is 32.6 Å². The fourth-order valence-electron chi connectivity index (χ4n) is 2.93. The Morgan fingerprint density at radius 3 is 2.67 bits per heavy atom. The molecular weight excluding hydrogens is 262 g/mol. The van der Waals surface area contributed by atoms with Crippen LogP contribution in [0.1, 0.15) is 38.2 Å². The second-order valence-corrected chi connectivity index (χ2v) is 6.38. The molecule has 1 fully saturated rings. The average molecular weight is 291 g/mol. The predicted octanol–water partition coefficient (Wildman–Crippen LogP) is 3.45. The third-order valence-electron chi connectivity index (χ3n) is 4.24. The van der Waals surface area contributed by atoms with Gasteiger partial charge in [-0.05, 0) is 55.3 Å². The molecule has 3 heteroatoms. The van der Waals surface area contributed by atoms with Gasteiger partial charge in [-0.3, -0.25) is 0 Å². The highest BCUT2D eigenvalue weighted by atomic mass is 16.5. The molecule has 1 N–H and O–H groups in total. The molecule has 1 aliphatic rings. The van der Waals surface area contributed by atoms with Gasteiger partial charge in [0.1, 0.15) is 12.4 Å². The molecule has 3 nitrogen and oxygen atoms in total. The van der Waals surface area contributed by atoms with Crippen LogP contribution in [0.4, 0.5) is 0 Å². The minimum absolute atomic E-state index is 0.622. The van der Waals surface area contributed by atoms with Crippen molar-refractivity contribution >= 4 is 0 Å². The van der Waals surface area contributed by atoms with E-state index in [4.69, 9.17) is 9.47 Å². The molecule has 1 aliphatic carbocycles. The van der Waals surface area contributed by atoms with E-state index < -0.39 is 0 Å². The number of benzene rings is 1. The minimum Gasteiger partial charge on any atom is -0.491 e. The number of ether oxygens (including phenoxy) is 2. The summed E-state index contributed by atoms with van der Waals surface area (Å²) in [6, 6.07) is 8.48. The Hall–Kier alpha value is -1.06. The van der Waals surface area contributed by atoms with Gasteiger partial charge in [-0.15, -0.1) is 0 Å². The van der Waals surface area contributed by atoms with Crippen LogP contribution in [0.15, 0.2) is 24.3 Å². The van der Waals surface area contributed by atoms with Crippen molar-refractivity contribution in [3.63, 3.8) is 0 Å². The molecule has 1 aromatic carbocycles. The molecule has 0 aliphatic heterocycles. The van der Waals surface area contributed by atoms with Crippen LogP contribution in [0, 0.1) is 11.8 Å². The van der Waals surface area contributed by atoms with Crippen molar-refractivity contribution in [2.75, 3.05) is 33.4 Å². The van der Waals surface area contributed by atoms with E-state index in [1.165, 1.54) is 18.4 Å². The van der Waals surface area contributed by atoms with E-state index in [2.05, 4.69) is 43.4 Å². The van der Waals surface area contributed by atoms with Crippen LogP contribution >= 0.6 is 0 Å². The maximum Gasteiger partial charge on any atom is 0.122 e.